The van der Waals surface area contributed by atoms with Gasteiger partial charge in [0, 0.05) is 5.70 Å². The molecular formula is C4H8NO2-. The Balaban J connectivity index is 3.56. The maximum absolute atomic E-state index is 9.78. The second kappa shape index (κ2) is 2.60. The van der Waals surface area contributed by atoms with Crippen molar-refractivity contribution in [2.24, 2.45) is 0 Å². The summed E-state index contributed by atoms with van der Waals surface area (Å²) < 4.78 is 0. The summed E-state index contributed by atoms with van der Waals surface area (Å²) in [4.78, 5) is 0. The van der Waals surface area contributed by atoms with E-state index in [4.69, 9.17) is 5.21 Å². The molecule has 0 spiro atoms. The molecule has 0 aliphatic carbocycles. The Bertz CT molecular complexity index is 77.8. The van der Waals surface area contributed by atoms with E-state index in [0.29, 0.717) is 5.70 Å². The van der Waals surface area contributed by atoms with Crippen molar-refractivity contribution in [1.29, 1.82) is 0 Å². The average Bonchev–Trinajstić information content (AvgIpc) is 1.65. The van der Waals surface area contributed by atoms with Crippen LogP contribution in [0.4, 0.5) is 0 Å². The molecule has 0 heterocycles. The van der Waals surface area contributed by atoms with Crippen LogP contribution in [-0.4, -0.2) is 10.4 Å². The van der Waals surface area contributed by atoms with Crippen molar-refractivity contribution in [2.75, 3.05) is 0 Å². The van der Waals surface area contributed by atoms with E-state index in [0.717, 1.165) is 0 Å². The Kier molecular flexibility index (Phi) is 2.40. The van der Waals surface area contributed by atoms with Crippen LogP contribution in [0.2, 0.25) is 0 Å². The van der Waals surface area contributed by atoms with Gasteiger partial charge in [0.05, 0.1) is 0 Å². The van der Waals surface area contributed by atoms with Gasteiger partial charge in [-0.25, -0.2) is 0 Å². The van der Waals surface area contributed by atoms with E-state index in [-0.39, 0.29) is 5.23 Å². The van der Waals surface area contributed by atoms with Gasteiger partial charge in [-0.15, -0.1) is 0 Å². The summed E-state index contributed by atoms with van der Waals surface area (Å²) in [7, 11) is 0. The highest BCUT2D eigenvalue weighted by atomic mass is 16.8. The molecule has 7 heavy (non-hydrogen) atoms. The molecule has 0 bridgehead atoms. The molecule has 3 heteroatoms. The SMILES string of the molecule is C/C=C(/C)N([O-])O. The highest BCUT2D eigenvalue weighted by Crippen LogP contribution is 1.93. The van der Waals surface area contributed by atoms with Gasteiger partial charge in [-0.05, 0) is 13.8 Å². The molecule has 0 amide bonds. The van der Waals surface area contributed by atoms with Crippen molar-refractivity contribution in [3.8, 4) is 0 Å². The molecule has 0 saturated carbocycles. The van der Waals surface area contributed by atoms with Crippen molar-refractivity contribution >= 4 is 0 Å². The van der Waals surface area contributed by atoms with E-state index in [1.54, 1.807) is 6.92 Å². The third kappa shape index (κ3) is 2.19. The third-order valence-electron chi connectivity index (χ3n) is 0.720. The zero-order valence-corrected chi connectivity index (χ0v) is 4.38. The molecular weight excluding hydrogens is 94.0 g/mol. The Morgan fingerprint density at radius 1 is 1.86 bits per heavy atom. The predicted octanol–water partition coefficient (Wildman–Crippen LogP) is 1.10. The molecule has 42 valence electrons. The number of nitrogens with zero attached hydrogens (tertiary/aromatic N) is 1. The molecule has 1 N–H and O–H groups in total. The summed E-state index contributed by atoms with van der Waals surface area (Å²) in [5.41, 5.74) is 0.306. The molecule has 0 aromatic rings. The summed E-state index contributed by atoms with van der Waals surface area (Å²) in [6.07, 6.45) is 1.52. The van der Waals surface area contributed by atoms with Gasteiger partial charge < -0.3 is 10.4 Å². The zero-order valence-electron chi connectivity index (χ0n) is 4.38. The second-order valence-electron chi connectivity index (χ2n) is 1.20. The minimum atomic E-state index is -0.167. The average molecular weight is 102 g/mol. The van der Waals surface area contributed by atoms with E-state index in [2.05, 4.69) is 0 Å². The molecule has 0 atom stereocenters. The van der Waals surface area contributed by atoms with Crippen molar-refractivity contribution in [2.45, 2.75) is 13.8 Å². The Morgan fingerprint density at radius 2 is 2.29 bits per heavy atom. The van der Waals surface area contributed by atoms with Gasteiger partial charge in [-0.2, -0.15) is 0 Å². The van der Waals surface area contributed by atoms with Gasteiger partial charge in [-0.3, -0.25) is 5.21 Å². The lowest BCUT2D eigenvalue weighted by atomic mass is 10.5. The van der Waals surface area contributed by atoms with Crippen molar-refractivity contribution in [1.82, 2.24) is 5.23 Å². The highest BCUT2D eigenvalue weighted by molar-refractivity contribution is 4.91. The fourth-order valence-electron chi connectivity index (χ4n) is 0.110. The molecule has 0 rings (SSSR count). The topological polar surface area (TPSA) is 46.5 Å². The first-order valence-electron chi connectivity index (χ1n) is 1.97. The van der Waals surface area contributed by atoms with Gasteiger partial charge in [0.1, 0.15) is 0 Å². The van der Waals surface area contributed by atoms with Crippen LogP contribution in [0.3, 0.4) is 0 Å². The maximum Gasteiger partial charge on any atom is 0.0209 e. The third-order valence-corrected chi connectivity index (χ3v) is 0.720. The van der Waals surface area contributed by atoms with Crippen LogP contribution in [0.5, 0.6) is 0 Å². The smallest absolute Gasteiger partial charge is 0.0209 e. The molecule has 3 nitrogen and oxygen atoms in total. The molecule has 0 saturated heterocycles. The van der Waals surface area contributed by atoms with Crippen LogP contribution in [-0.2, 0) is 0 Å². The summed E-state index contributed by atoms with van der Waals surface area (Å²) in [6.45, 7) is 3.20. The minimum absolute atomic E-state index is 0.167. The number of hydroxylamine groups is 2. The standard InChI is InChI=1S/C4H8NO2/c1-3-4(2)5(6)7/h3,6H,1-2H3/q-1/b4-3-. The first kappa shape index (κ1) is 6.46. The normalized spacial score (nSPS) is 11.7. The lowest BCUT2D eigenvalue weighted by Gasteiger charge is -2.21. The highest BCUT2D eigenvalue weighted by Gasteiger charge is 1.78. The summed E-state index contributed by atoms with van der Waals surface area (Å²) in [5.74, 6) is 0. The molecule has 0 aliphatic rings. The molecule has 0 aliphatic heterocycles. The van der Waals surface area contributed by atoms with Crippen molar-refractivity contribution in [3.05, 3.63) is 17.0 Å². The number of hydrogen-bond acceptors (Lipinski definition) is 3. The first-order chi connectivity index (χ1) is 3.18. The quantitative estimate of drug-likeness (QED) is 0.504. The fourth-order valence-corrected chi connectivity index (χ4v) is 0.110. The van der Waals surface area contributed by atoms with Gasteiger partial charge in [0.2, 0.25) is 0 Å². The predicted molar refractivity (Wildman–Crippen MR) is 26.4 cm³/mol. The molecule has 0 fully saturated rings. The molecule has 0 aromatic heterocycles. The lowest BCUT2D eigenvalue weighted by Crippen LogP contribution is -2.05. The number of hydrogen-bond donors (Lipinski definition) is 1. The van der Waals surface area contributed by atoms with E-state index in [9.17, 15) is 5.21 Å². The second-order valence-corrected chi connectivity index (χ2v) is 1.20. The molecule has 0 unspecified atom stereocenters. The Morgan fingerprint density at radius 3 is 2.29 bits per heavy atom. The van der Waals surface area contributed by atoms with Gasteiger partial charge in [-0.1, -0.05) is 6.08 Å². The number of rotatable bonds is 1. The van der Waals surface area contributed by atoms with Gasteiger partial charge in [0.25, 0.3) is 0 Å². The van der Waals surface area contributed by atoms with Crippen LogP contribution in [0, 0.1) is 5.21 Å². The fraction of sp³-hybridized carbons (Fsp3) is 0.500. The van der Waals surface area contributed by atoms with Crippen molar-refractivity contribution in [3.63, 3.8) is 0 Å². The Hall–Kier alpha value is -0.540. The van der Waals surface area contributed by atoms with E-state index in [1.165, 1.54) is 13.0 Å². The van der Waals surface area contributed by atoms with Crippen LogP contribution in [0.25, 0.3) is 0 Å². The molecule has 0 radical (unpaired) electrons. The van der Waals surface area contributed by atoms with Crippen LogP contribution < -0.4 is 0 Å². The maximum atomic E-state index is 9.78. The minimum Gasteiger partial charge on any atom is -0.734 e. The largest absolute Gasteiger partial charge is 0.734 e. The Labute approximate surface area is 42.4 Å². The van der Waals surface area contributed by atoms with Gasteiger partial charge >= 0.3 is 0 Å². The van der Waals surface area contributed by atoms with E-state index >= 15 is 0 Å². The molecule has 0 aromatic carbocycles. The number of allylic oxidation sites excluding steroid dienone is 2. The monoisotopic (exact) mass is 102 g/mol. The summed E-state index contributed by atoms with van der Waals surface area (Å²) in [5, 5.41) is 17.6. The van der Waals surface area contributed by atoms with Crippen LogP contribution >= 0.6 is 0 Å². The summed E-state index contributed by atoms with van der Waals surface area (Å²) >= 11 is 0. The van der Waals surface area contributed by atoms with Crippen LogP contribution in [0.1, 0.15) is 13.8 Å². The van der Waals surface area contributed by atoms with Crippen LogP contribution in [0.15, 0.2) is 11.8 Å². The van der Waals surface area contributed by atoms with Gasteiger partial charge in [0.15, 0.2) is 0 Å². The van der Waals surface area contributed by atoms with Crippen molar-refractivity contribution < 1.29 is 5.21 Å². The first-order valence-corrected chi connectivity index (χ1v) is 1.97. The lowest BCUT2D eigenvalue weighted by molar-refractivity contribution is -0.00332. The zero-order chi connectivity index (χ0) is 5.86. The van der Waals surface area contributed by atoms with E-state index in [1.807, 2.05) is 0 Å². The summed E-state index contributed by atoms with van der Waals surface area (Å²) in [6, 6.07) is 0. The van der Waals surface area contributed by atoms with E-state index < -0.39 is 0 Å².